The maximum absolute atomic E-state index is 10.8. The topological polar surface area (TPSA) is 46.4 Å². The van der Waals surface area contributed by atoms with Gasteiger partial charge in [0.2, 0.25) is 0 Å². The number of non-ortho nitro benzene ring substituents is 1. The van der Waals surface area contributed by atoms with Crippen LogP contribution in [0.1, 0.15) is 11.1 Å². The van der Waals surface area contributed by atoms with E-state index in [0.29, 0.717) is 0 Å². The Kier molecular flexibility index (Phi) is 5.68. The lowest BCUT2D eigenvalue weighted by Gasteiger charge is -2.14. The van der Waals surface area contributed by atoms with E-state index in [1.807, 2.05) is 61.5 Å². The largest absolute Gasteiger partial charge is 0.378 e. The van der Waals surface area contributed by atoms with Crippen molar-refractivity contribution in [3.63, 3.8) is 0 Å². The Morgan fingerprint density at radius 2 is 1.54 bits per heavy atom. The summed E-state index contributed by atoms with van der Waals surface area (Å²) in [6.07, 6.45) is 7.44. The third kappa shape index (κ3) is 4.20. The van der Waals surface area contributed by atoms with Crippen LogP contribution < -0.4 is 4.90 Å². The second-order valence-electron chi connectivity index (χ2n) is 5.45. The zero-order valence-corrected chi connectivity index (χ0v) is 13.8. The van der Waals surface area contributed by atoms with E-state index in [9.17, 15) is 10.1 Å². The molecule has 0 spiro atoms. The van der Waals surface area contributed by atoms with Crippen molar-refractivity contribution in [3.8, 4) is 0 Å². The van der Waals surface area contributed by atoms with Gasteiger partial charge in [-0.1, -0.05) is 43.0 Å². The highest BCUT2D eigenvalue weighted by atomic mass is 16.6. The van der Waals surface area contributed by atoms with Gasteiger partial charge in [-0.3, -0.25) is 10.1 Å². The van der Waals surface area contributed by atoms with Gasteiger partial charge in [0.1, 0.15) is 0 Å². The lowest BCUT2D eigenvalue weighted by Crippen LogP contribution is -2.08. The molecule has 0 saturated heterocycles. The van der Waals surface area contributed by atoms with Crippen LogP contribution in [0.15, 0.2) is 79.4 Å². The highest BCUT2D eigenvalue weighted by Crippen LogP contribution is 2.27. The van der Waals surface area contributed by atoms with Crippen LogP contribution in [-0.4, -0.2) is 19.0 Å². The summed E-state index contributed by atoms with van der Waals surface area (Å²) in [5, 5.41) is 10.8. The number of nitro groups is 1. The molecule has 2 aromatic rings. The number of rotatable bonds is 6. The van der Waals surface area contributed by atoms with Gasteiger partial charge in [-0.05, 0) is 41.0 Å². The van der Waals surface area contributed by atoms with Crippen molar-refractivity contribution < 1.29 is 4.92 Å². The van der Waals surface area contributed by atoms with Gasteiger partial charge in [-0.15, -0.1) is 0 Å². The first kappa shape index (κ1) is 17.2. The summed E-state index contributed by atoms with van der Waals surface area (Å²) in [6.45, 7) is 3.67. The predicted octanol–water partition coefficient (Wildman–Crippen LogP) is 4.83. The predicted molar refractivity (Wildman–Crippen MR) is 100 cm³/mol. The molecule has 0 bridgehead atoms. The number of anilines is 1. The Labute approximate surface area is 142 Å². The highest BCUT2D eigenvalue weighted by Gasteiger charge is 2.09. The lowest BCUT2D eigenvalue weighted by molar-refractivity contribution is -0.384. The molecule has 0 saturated carbocycles. The third-order valence-electron chi connectivity index (χ3n) is 3.59. The summed E-state index contributed by atoms with van der Waals surface area (Å²) in [5.41, 5.74) is 4.16. The van der Waals surface area contributed by atoms with Crippen molar-refractivity contribution in [1.29, 1.82) is 0 Å². The second-order valence-corrected chi connectivity index (χ2v) is 5.45. The van der Waals surface area contributed by atoms with Crippen molar-refractivity contribution in [3.05, 3.63) is 101 Å². The molecule has 2 rings (SSSR count). The molecule has 0 radical (unpaired) electrons. The fourth-order valence-corrected chi connectivity index (χ4v) is 2.29. The Bertz CT molecular complexity index is 770. The van der Waals surface area contributed by atoms with Gasteiger partial charge >= 0.3 is 0 Å². The van der Waals surface area contributed by atoms with Crippen molar-refractivity contribution in [2.75, 3.05) is 19.0 Å². The summed E-state index contributed by atoms with van der Waals surface area (Å²) in [5.74, 6) is 0. The normalized spacial score (nSPS) is 11.5. The third-order valence-corrected chi connectivity index (χ3v) is 3.59. The summed E-state index contributed by atoms with van der Waals surface area (Å²) in [6, 6.07) is 14.8. The first-order valence-corrected chi connectivity index (χ1v) is 7.55. The Balaban J connectivity index is 2.44. The molecule has 2 aromatic carbocycles. The van der Waals surface area contributed by atoms with Gasteiger partial charge in [-0.25, -0.2) is 0 Å². The monoisotopic (exact) mass is 320 g/mol. The Morgan fingerprint density at radius 1 is 1.00 bits per heavy atom. The number of benzene rings is 2. The van der Waals surface area contributed by atoms with E-state index in [2.05, 4.69) is 6.58 Å². The molecule has 0 aromatic heterocycles. The molecule has 0 aliphatic heterocycles. The minimum Gasteiger partial charge on any atom is -0.378 e. The molecule has 24 heavy (non-hydrogen) atoms. The minimum atomic E-state index is -0.392. The van der Waals surface area contributed by atoms with Gasteiger partial charge in [0.25, 0.3) is 5.69 Å². The molecular weight excluding hydrogens is 300 g/mol. The van der Waals surface area contributed by atoms with E-state index in [1.165, 1.54) is 12.1 Å². The molecule has 0 unspecified atom stereocenters. The molecule has 4 heteroatoms. The van der Waals surface area contributed by atoms with Crippen LogP contribution >= 0.6 is 0 Å². The summed E-state index contributed by atoms with van der Waals surface area (Å²) >= 11 is 0. The average Bonchev–Trinajstić information content (AvgIpc) is 2.59. The van der Waals surface area contributed by atoms with Gasteiger partial charge in [0, 0.05) is 31.9 Å². The summed E-state index contributed by atoms with van der Waals surface area (Å²) < 4.78 is 0. The maximum atomic E-state index is 10.8. The van der Waals surface area contributed by atoms with E-state index in [-0.39, 0.29) is 5.69 Å². The number of nitro benzene ring substituents is 1. The SMILES string of the molecule is C=CC=CC=C(c1ccc(N(C)C)cc1)c1ccc([N+](=O)[O-])cc1. The highest BCUT2D eigenvalue weighted by molar-refractivity contribution is 5.81. The van der Waals surface area contributed by atoms with E-state index >= 15 is 0 Å². The standard InChI is InChI=1S/C20H20N2O2/c1-4-5-6-7-20(16-8-12-18(13-9-16)21(2)3)17-10-14-19(15-11-17)22(23)24/h4-15H,1H2,2-3H3. The molecule has 4 nitrogen and oxygen atoms in total. The van der Waals surface area contributed by atoms with Crippen molar-refractivity contribution in [2.24, 2.45) is 0 Å². The van der Waals surface area contributed by atoms with Gasteiger partial charge in [-0.2, -0.15) is 0 Å². The van der Waals surface area contributed by atoms with Crippen LogP contribution in [0.3, 0.4) is 0 Å². The molecule has 0 amide bonds. The zero-order chi connectivity index (χ0) is 17.5. The quantitative estimate of drug-likeness (QED) is 0.435. The van der Waals surface area contributed by atoms with Crippen LogP contribution in [0.5, 0.6) is 0 Å². The van der Waals surface area contributed by atoms with E-state index in [1.54, 1.807) is 18.2 Å². The van der Waals surface area contributed by atoms with Crippen molar-refractivity contribution >= 4 is 16.9 Å². The Morgan fingerprint density at radius 3 is 2.00 bits per heavy atom. The van der Waals surface area contributed by atoms with Crippen LogP contribution in [0.25, 0.3) is 5.57 Å². The van der Waals surface area contributed by atoms with E-state index in [0.717, 1.165) is 22.4 Å². The molecule has 0 N–H and O–H groups in total. The molecular formula is C20H20N2O2. The molecule has 0 fully saturated rings. The molecule has 0 aliphatic carbocycles. The van der Waals surface area contributed by atoms with E-state index in [4.69, 9.17) is 0 Å². The molecule has 0 heterocycles. The first-order valence-electron chi connectivity index (χ1n) is 7.55. The van der Waals surface area contributed by atoms with Crippen LogP contribution in [0.4, 0.5) is 11.4 Å². The summed E-state index contributed by atoms with van der Waals surface area (Å²) in [4.78, 5) is 12.5. The number of hydrogen-bond donors (Lipinski definition) is 0. The Hall–Kier alpha value is -3.14. The fraction of sp³-hybridized carbons (Fsp3) is 0.100. The second kappa shape index (κ2) is 7.92. The van der Waals surface area contributed by atoms with Crippen LogP contribution in [0.2, 0.25) is 0 Å². The van der Waals surface area contributed by atoms with E-state index < -0.39 is 4.92 Å². The zero-order valence-electron chi connectivity index (χ0n) is 13.8. The number of allylic oxidation sites excluding steroid dienone is 4. The summed E-state index contributed by atoms with van der Waals surface area (Å²) in [7, 11) is 3.99. The van der Waals surface area contributed by atoms with Gasteiger partial charge in [0.15, 0.2) is 0 Å². The molecule has 0 aliphatic rings. The van der Waals surface area contributed by atoms with Crippen molar-refractivity contribution in [2.45, 2.75) is 0 Å². The van der Waals surface area contributed by atoms with Gasteiger partial charge < -0.3 is 4.90 Å². The minimum absolute atomic E-state index is 0.0858. The molecule has 122 valence electrons. The van der Waals surface area contributed by atoms with Gasteiger partial charge in [0.05, 0.1) is 4.92 Å². The van der Waals surface area contributed by atoms with Crippen LogP contribution in [-0.2, 0) is 0 Å². The fourth-order valence-electron chi connectivity index (χ4n) is 2.29. The van der Waals surface area contributed by atoms with Crippen molar-refractivity contribution in [1.82, 2.24) is 0 Å². The lowest BCUT2D eigenvalue weighted by atomic mass is 9.97. The average molecular weight is 320 g/mol. The van der Waals surface area contributed by atoms with Crippen LogP contribution in [0, 0.1) is 10.1 Å². The first-order chi connectivity index (χ1) is 11.5. The smallest absolute Gasteiger partial charge is 0.269 e. The number of hydrogen-bond acceptors (Lipinski definition) is 3. The maximum Gasteiger partial charge on any atom is 0.269 e. The number of nitrogens with zero attached hydrogens (tertiary/aromatic N) is 2. The molecule has 0 atom stereocenters.